The van der Waals surface area contributed by atoms with E-state index in [4.69, 9.17) is 5.11 Å². The Morgan fingerprint density at radius 2 is 1.29 bits per heavy atom. The third-order valence-corrected chi connectivity index (χ3v) is 1.31. The summed E-state index contributed by atoms with van der Waals surface area (Å²) < 4.78 is 0. The predicted molar refractivity (Wildman–Crippen MR) is 32.7 cm³/mol. The van der Waals surface area contributed by atoms with Gasteiger partial charge >= 0.3 is 88.7 Å². The van der Waals surface area contributed by atoms with E-state index in [0.717, 1.165) is 0 Å². The number of aliphatic carboxylic acids is 3. The van der Waals surface area contributed by atoms with Gasteiger partial charge in [0.1, 0.15) is 6.10 Å². The van der Waals surface area contributed by atoms with Gasteiger partial charge in [0.05, 0.1) is 5.97 Å². The van der Waals surface area contributed by atoms with E-state index in [0.29, 0.717) is 0 Å². The molecule has 0 aliphatic rings. The van der Waals surface area contributed by atoms with Crippen molar-refractivity contribution in [3.05, 3.63) is 0 Å². The van der Waals surface area contributed by atoms with Crippen LogP contribution in [0.4, 0.5) is 0 Å². The van der Waals surface area contributed by atoms with Crippen LogP contribution in [-0.2, 0) is 14.4 Å². The molecule has 0 aromatic carbocycles. The number of carboxylic acids is 3. The minimum atomic E-state index is -2.41. The number of aliphatic hydroxyl groups is 1. The molecule has 82 valence electrons. The van der Waals surface area contributed by atoms with Crippen LogP contribution in [0.5, 0.6) is 0 Å². The van der Waals surface area contributed by atoms with Gasteiger partial charge in [0, 0.05) is 17.9 Å². The van der Waals surface area contributed by atoms with Gasteiger partial charge < -0.3 is 40.3 Å². The molecule has 0 spiro atoms. The molecular weight excluding hydrogens is 273 g/mol. The van der Waals surface area contributed by atoms with E-state index in [2.05, 4.69) is 0 Å². The van der Waals surface area contributed by atoms with Gasteiger partial charge in [0.15, 0.2) is 0 Å². The Labute approximate surface area is 163 Å². The van der Waals surface area contributed by atoms with Crippen LogP contribution in [-0.4, -0.2) is 34.6 Å². The molecule has 17 heavy (non-hydrogen) atoms. The van der Waals surface area contributed by atoms with Crippen molar-refractivity contribution < 1.29 is 129 Å². The van der Waals surface area contributed by atoms with Crippen LogP contribution in [0.15, 0.2) is 0 Å². The Kier molecular flexibility index (Phi) is 28.0. The fourth-order valence-electron chi connectivity index (χ4n) is 0.668. The Hall–Kier alpha value is 1.33. The smallest absolute Gasteiger partial charge is 0.550 e. The molecule has 8 nitrogen and oxygen atoms in total. The zero-order valence-electron chi connectivity index (χ0n) is 9.76. The maximum Gasteiger partial charge on any atom is 1.00 e. The Morgan fingerprint density at radius 3 is 1.47 bits per heavy atom. The van der Waals surface area contributed by atoms with Crippen LogP contribution in [0.1, 0.15) is 6.42 Å². The van der Waals surface area contributed by atoms with E-state index in [9.17, 15) is 29.7 Å². The zero-order chi connectivity index (χ0) is 10.6. The molecular formula is C6H7Na3O8. The first-order chi connectivity index (χ1) is 5.86. The van der Waals surface area contributed by atoms with Gasteiger partial charge in [-0.15, -0.1) is 0 Å². The van der Waals surface area contributed by atoms with Gasteiger partial charge in [0.2, 0.25) is 0 Å². The third kappa shape index (κ3) is 13.6. The molecule has 2 unspecified atom stereocenters. The summed E-state index contributed by atoms with van der Waals surface area (Å²) in [4.78, 5) is 30.0. The van der Waals surface area contributed by atoms with E-state index in [-0.39, 0.29) is 94.1 Å². The van der Waals surface area contributed by atoms with Crippen molar-refractivity contribution in [1.82, 2.24) is 0 Å². The number of hydrogen-bond acceptors (Lipinski definition) is 7. The summed E-state index contributed by atoms with van der Waals surface area (Å²) in [5.74, 6) is -7.92. The summed E-state index contributed by atoms with van der Waals surface area (Å²) in [5, 5.41) is 38.6. The van der Waals surface area contributed by atoms with E-state index in [1.165, 1.54) is 0 Å². The Morgan fingerprint density at radius 1 is 0.941 bits per heavy atom. The second-order valence-electron chi connectivity index (χ2n) is 2.27. The molecule has 0 rings (SSSR count). The van der Waals surface area contributed by atoms with Crippen molar-refractivity contribution in [2.45, 2.75) is 12.5 Å². The maximum atomic E-state index is 10.1. The number of carbonyl (C=O) groups excluding carboxylic acids is 3. The molecule has 0 heterocycles. The number of hydrogen-bond donors (Lipinski definition) is 1. The van der Waals surface area contributed by atoms with Crippen molar-refractivity contribution in [3.8, 4) is 0 Å². The van der Waals surface area contributed by atoms with Gasteiger partial charge in [0.25, 0.3) is 0 Å². The van der Waals surface area contributed by atoms with Gasteiger partial charge in [-0.3, -0.25) is 0 Å². The summed E-state index contributed by atoms with van der Waals surface area (Å²) >= 11 is 0. The largest absolute Gasteiger partial charge is 1.00 e. The fourth-order valence-corrected chi connectivity index (χ4v) is 0.668. The molecule has 0 amide bonds. The SMILES string of the molecule is O.O=C([O-])C(O)[13CH]([13CH2][13C](=O)[O-])[13C](=O)[O-].[Na+].[Na+].[Na+]. The maximum absolute atomic E-state index is 10.1. The van der Waals surface area contributed by atoms with Crippen LogP contribution >= 0.6 is 0 Å². The minimum absolute atomic E-state index is 0. The molecule has 0 aliphatic carbocycles. The summed E-state index contributed by atoms with van der Waals surface area (Å²) in [5.41, 5.74) is 0. The van der Waals surface area contributed by atoms with Gasteiger partial charge in [-0.1, -0.05) is 0 Å². The molecule has 2 atom stereocenters. The number of carbonyl (C=O) groups is 3. The molecule has 0 aromatic heterocycles. The first kappa shape index (κ1) is 31.0. The second-order valence-corrected chi connectivity index (χ2v) is 2.27. The average molecular weight is 280 g/mol. The average Bonchev–Trinajstić information content (AvgIpc) is 1.97. The normalized spacial score (nSPS) is 11.1. The summed E-state index contributed by atoms with van der Waals surface area (Å²) in [6, 6.07) is 0. The molecule has 11 heteroatoms. The molecule has 0 fully saturated rings. The minimum Gasteiger partial charge on any atom is -0.550 e. The summed E-state index contributed by atoms with van der Waals surface area (Å²) in [6.07, 6.45) is -3.56. The predicted octanol–water partition coefficient (Wildman–Crippen LogP) is -15.2. The molecule has 0 aliphatic heterocycles. The van der Waals surface area contributed by atoms with Crippen LogP contribution in [0.3, 0.4) is 0 Å². The van der Waals surface area contributed by atoms with Crippen molar-refractivity contribution in [2.24, 2.45) is 5.92 Å². The zero-order valence-corrected chi connectivity index (χ0v) is 15.8. The van der Waals surface area contributed by atoms with Gasteiger partial charge in [-0.25, -0.2) is 0 Å². The topological polar surface area (TPSA) is 172 Å². The molecule has 3 N–H and O–H groups in total. The van der Waals surface area contributed by atoms with Gasteiger partial charge in [-0.05, 0) is 6.42 Å². The monoisotopic (exact) mass is 280 g/mol. The first-order valence-corrected chi connectivity index (χ1v) is 3.16. The Bertz CT molecular complexity index is 245. The second kappa shape index (κ2) is 15.4. The number of aliphatic hydroxyl groups excluding tert-OH is 1. The standard InChI is InChI=1S/C6H8O7.3Na.H2O/c7-3(8)1-2(5(10)11)4(9)6(12)13;;;;/h2,4,9H,1H2,(H,7,8)(H,10,11)(H,12,13);;;;1H2/q;3*+1;/p-3/i1+1,2+1,3+1,5+1;;;;. The molecule has 0 saturated carbocycles. The first-order valence-electron chi connectivity index (χ1n) is 3.16. The number of carboxylic acid groups (broad SMARTS) is 3. The summed E-state index contributed by atoms with van der Waals surface area (Å²) in [6.45, 7) is 0. The van der Waals surface area contributed by atoms with Crippen LogP contribution < -0.4 is 104 Å². The van der Waals surface area contributed by atoms with Crippen molar-refractivity contribution in [3.63, 3.8) is 0 Å². The van der Waals surface area contributed by atoms with E-state index in [1.807, 2.05) is 0 Å². The van der Waals surface area contributed by atoms with Crippen LogP contribution in [0, 0.1) is 5.92 Å². The quantitative estimate of drug-likeness (QED) is 0.384. The molecule has 0 saturated heterocycles. The van der Waals surface area contributed by atoms with E-state index < -0.39 is 36.4 Å². The van der Waals surface area contributed by atoms with E-state index >= 15 is 0 Å². The third-order valence-electron chi connectivity index (χ3n) is 1.31. The van der Waals surface area contributed by atoms with Crippen LogP contribution in [0.2, 0.25) is 0 Å². The number of rotatable bonds is 5. The van der Waals surface area contributed by atoms with Crippen LogP contribution in [0.25, 0.3) is 0 Å². The molecule has 0 bridgehead atoms. The summed E-state index contributed by atoms with van der Waals surface area (Å²) in [7, 11) is 0. The van der Waals surface area contributed by atoms with E-state index in [1.54, 1.807) is 0 Å². The van der Waals surface area contributed by atoms with Crippen molar-refractivity contribution in [1.29, 1.82) is 0 Å². The molecule has 0 aromatic rings. The van der Waals surface area contributed by atoms with Gasteiger partial charge in [-0.2, -0.15) is 0 Å². The fraction of sp³-hybridized carbons (Fsp3) is 0.500. The molecule has 0 radical (unpaired) electrons. The van der Waals surface area contributed by atoms with Crippen molar-refractivity contribution >= 4 is 17.9 Å². The van der Waals surface area contributed by atoms with Crippen molar-refractivity contribution in [2.75, 3.05) is 0 Å². The Balaban J connectivity index is -0.000000120.